The van der Waals surface area contributed by atoms with Crippen LogP contribution in [0.3, 0.4) is 0 Å². The molecule has 0 amide bonds. The zero-order chi connectivity index (χ0) is 28.0. The van der Waals surface area contributed by atoms with E-state index in [-0.39, 0.29) is 44.9 Å². The highest BCUT2D eigenvalue weighted by Gasteiger charge is 2.26. The van der Waals surface area contributed by atoms with Crippen molar-refractivity contribution >= 4 is 17.6 Å². The highest BCUT2D eigenvalue weighted by atomic mass is 28.4. The van der Waals surface area contributed by atoms with Gasteiger partial charge in [-0.05, 0) is 12.8 Å². The minimum Gasteiger partial charge on any atom is -0.390 e. The van der Waals surface area contributed by atoms with Gasteiger partial charge in [-0.3, -0.25) is 4.90 Å². The molecule has 0 spiro atoms. The molecule has 0 aromatic carbocycles. The van der Waals surface area contributed by atoms with E-state index in [0.717, 1.165) is 19.6 Å². The summed E-state index contributed by atoms with van der Waals surface area (Å²) in [6, 6.07) is -0.219. The number of nitrogens with one attached hydrogen (secondary N) is 3. The third-order valence-corrected chi connectivity index (χ3v) is 7.13. The first-order chi connectivity index (χ1) is 17.4. The normalized spacial score (nSPS) is 14.4. The van der Waals surface area contributed by atoms with Crippen LogP contribution in [0, 0.1) is 0 Å². The van der Waals surface area contributed by atoms with E-state index in [1.165, 1.54) is 0 Å². The zero-order valence-electron chi connectivity index (χ0n) is 21.8. The molecule has 224 valence electrons. The molecule has 0 saturated heterocycles. The molecule has 15 nitrogen and oxygen atoms in total. The van der Waals surface area contributed by atoms with Crippen molar-refractivity contribution in [2.45, 2.75) is 37.1 Å². The van der Waals surface area contributed by atoms with Crippen molar-refractivity contribution in [1.82, 2.24) is 20.9 Å². The number of aliphatic hydroxyl groups is 2. The molecule has 0 aliphatic heterocycles. The van der Waals surface area contributed by atoms with Crippen LogP contribution in [0.25, 0.3) is 0 Å². The van der Waals surface area contributed by atoms with Crippen LogP contribution in [0.2, 0.25) is 12.1 Å². The summed E-state index contributed by atoms with van der Waals surface area (Å²) in [5, 5.41) is 30.0. The molecular formula is C20H51N5O10Si2. The van der Waals surface area contributed by atoms with E-state index in [0.29, 0.717) is 52.2 Å². The highest BCUT2D eigenvalue weighted by molar-refractivity contribution is 6.56. The lowest BCUT2D eigenvalue weighted by Crippen LogP contribution is -2.44. The SMILES string of the molecule is NCCNCCNCCN(CCNCC(O)COCCC[Si](O)(O)O)CC(O)COCCC[Si](O)(O)O. The van der Waals surface area contributed by atoms with E-state index >= 15 is 0 Å². The molecule has 0 radical (unpaired) electrons. The maximum absolute atomic E-state index is 10.3. The lowest BCUT2D eigenvalue weighted by molar-refractivity contribution is 0.0158. The molecule has 0 rings (SSSR count). The van der Waals surface area contributed by atoms with Gasteiger partial charge in [-0.25, -0.2) is 0 Å². The van der Waals surface area contributed by atoms with Crippen molar-refractivity contribution < 1.29 is 48.5 Å². The number of aliphatic hydroxyl groups excluding tert-OH is 2. The van der Waals surface area contributed by atoms with Crippen LogP contribution >= 0.6 is 0 Å². The lowest BCUT2D eigenvalue weighted by Gasteiger charge is -2.26. The number of nitrogens with two attached hydrogens (primary N) is 1. The summed E-state index contributed by atoms with van der Waals surface area (Å²) in [4.78, 5) is 55.9. The van der Waals surface area contributed by atoms with Crippen LogP contribution in [0.1, 0.15) is 12.8 Å². The summed E-state index contributed by atoms with van der Waals surface area (Å²) >= 11 is 0. The first kappa shape index (κ1) is 36.8. The second kappa shape index (κ2) is 22.6. The van der Waals surface area contributed by atoms with Crippen molar-refractivity contribution in [1.29, 1.82) is 0 Å². The first-order valence-electron chi connectivity index (χ1n) is 12.8. The summed E-state index contributed by atoms with van der Waals surface area (Å²) in [7, 11) is -8.11. The van der Waals surface area contributed by atoms with Gasteiger partial charge in [-0.2, -0.15) is 0 Å². The minimum absolute atomic E-state index is 0.0815. The molecule has 2 unspecified atom stereocenters. The van der Waals surface area contributed by atoms with E-state index in [2.05, 4.69) is 20.9 Å². The fourth-order valence-corrected chi connectivity index (χ4v) is 4.47. The smallest absolute Gasteiger partial charge is 0.390 e. The molecule has 0 aromatic rings. The number of nitrogens with zero attached hydrogens (tertiary/aromatic N) is 1. The number of hydrogen-bond donors (Lipinski definition) is 12. The summed E-state index contributed by atoms with van der Waals surface area (Å²) in [5.74, 6) is 0. The number of ether oxygens (including phenoxy) is 2. The van der Waals surface area contributed by atoms with Gasteiger partial charge in [0.05, 0.1) is 25.4 Å². The average Bonchev–Trinajstić information content (AvgIpc) is 2.79. The Morgan fingerprint density at radius 1 is 0.676 bits per heavy atom. The molecule has 0 aromatic heterocycles. The fourth-order valence-electron chi connectivity index (χ4n) is 3.24. The van der Waals surface area contributed by atoms with Crippen molar-refractivity contribution in [3.8, 4) is 0 Å². The first-order valence-corrected chi connectivity index (χ1v) is 16.9. The van der Waals surface area contributed by atoms with Gasteiger partial charge in [0, 0.05) is 90.7 Å². The van der Waals surface area contributed by atoms with E-state index in [9.17, 15) is 10.2 Å². The second-order valence-corrected chi connectivity index (χ2v) is 13.1. The predicted octanol–water partition coefficient (Wildman–Crippen LogP) is -5.62. The van der Waals surface area contributed by atoms with Crippen LogP contribution in [0.5, 0.6) is 0 Å². The summed E-state index contributed by atoms with van der Waals surface area (Å²) in [5.41, 5.74) is 5.45. The standard InChI is InChI=1S/C20H51N5O10Si2/c21-3-4-22-5-6-23-7-9-25(16-20(27)18-35-12-2-14-37(31,32)33)10-8-24-15-19(26)17-34-11-1-13-36(28,29)30/h19-20,22-24,26-33H,1-18,21H2. The van der Waals surface area contributed by atoms with Crippen LogP contribution in [-0.4, -0.2) is 166 Å². The molecule has 0 aliphatic rings. The highest BCUT2D eigenvalue weighted by Crippen LogP contribution is 2.03. The Labute approximate surface area is 222 Å². The largest absolute Gasteiger partial charge is 0.492 e. The molecular weight excluding hydrogens is 526 g/mol. The molecule has 13 N–H and O–H groups in total. The van der Waals surface area contributed by atoms with Gasteiger partial charge in [0.25, 0.3) is 0 Å². The number of hydrogen-bond acceptors (Lipinski definition) is 15. The summed E-state index contributed by atoms with van der Waals surface area (Å²) < 4.78 is 10.7. The van der Waals surface area contributed by atoms with Crippen molar-refractivity contribution in [2.75, 3.05) is 91.9 Å². The van der Waals surface area contributed by atoms with E-state index in [1.54, 1.807) is 0 Å². The molecule has 0 heterocycles. The van der Waals surface area contributed by atoms with E-state index in [4.69, 9.17) is 44.0 Å². The van der Waals surface area contributed by atoms with Crippen LogP contribution in [-0.2, 0) is 9.47 Å². The van der Waals surface area contributed by atoms with E-state index in [1.807, 2.05) is 0 Å². The topological polar surface area (TPSA) is 246 Å². The quantitative estimate of drug-likeness (QED) is 0.0321. The summed E-state index contributed by atoms with van der Waals surface area (Å²) in [6.45, 7) is 6.75. The molecule has 0 bridgehead atoms. The Hall–Kier alpha value is -0.166. The maximum atomic E-state index is 10.3. The monoisotopic (exact) mass is 577 g/mol. The van der Waals surface area contributed by atoms with Gasteiger partial charge in [0.15, 0.2) is 0 Å². The van der Waals surface area contributed by atoms with Crippen molar-refractivity contribution in [2.24, 2.45) is 5.73 Å². The Kier molecular flexibility index (Phi) is 22.5. The Bertz CT molecular complexity index is 521. The molecule has 0 saturated carbocycles. The van der Waals surface area contributed by atoms with Crippen LogP contribution in [0.15, 0.2) is 0 Å². The lowest BCUT2D eigenvalue weighted by atomic mass is 10.3. The Balaban J connectivity index is 4.21. The molecule has 2 atom stereocenters. The summed E-state index contributed by atoms with van der Waals surface area (Å²) in [6.07, 6.45) is -0.908. The molecule has 0 aliphatic carbocycles. The average molecular weight is 578 g/mol. The molecule has 37 heavy (non-hydrogen) atoms. The van der Waals surface area contributed by atoms with Gasteiger partial charge in [0.1, 0.15) is 0 Å². The van der Waals surface area contributed by atoms with Gasteiger partial charge >= 0.3 is 17.6 Å². The third-order valence-electron chi connectivity index (χ3n) is 5.08. The molecule has 0 fully saturated rings. The van der Waals surface area contributed by atoms with Gasteiger partial charge in [0.2, 0.25) is 0 Å². The Morgan fingerprint density at radius 2 is 1.16 bits per heavy atom. The zero-order valence-corrected chi connectivity index (χ0v) is 23.8. The number of rotatable bonds is 27. The minimum atomic E-state index is -4.06. The Morgan fingerprint density at radius 3 is 1.68 bits per heavy atom. The van der Waals surface area contributed by atoms with Crippen molar-refractivity contribution in [3.05, 3.63) is 0 Å². The second-order valence-electron chi connectivity index (χ2n) is 9.01. The third kappa shape index (κ3) is 28.7. The fraction of sp³-hybridized carbons (Fsp3) is 1.00. The van der Waals surface area contributed by atoms with Gasteiger partial charge < -0.3 is 70.1 Å². The predicted molar refractivity (Wildman–Crippen MR) is 141 cm³/mol. The van der Waals surface area contributed by atoms with Crippen LogP contribution < -0.4 is 21.7 Å². The van der Waals surface area contributed by atoms with Gasteiger partial charge in [-0.15, -0.1) is 0 Å². The van der Waals surface area contributed by atoms with Crippen molar-refractivity contribution in [3.63, 3.8) is 0 Å². The van der Waals surface area contributed by atoms with E-state index < -0.39 is 29.8 Å². The maximum Gasteiger partial charge on any atom is 0.492 e. The molecule has 17 heteroatoms. The van der Waals surface area contributed by atoms with Crippen LogP contribution in [0.4, 0.5) is 0 Å². The van der Waals surface area contributed by atoms with Gasteiger partial charge in [-0.1, -0.05) is 0 Å².